The molecule has 0 radical (unpaired) electrons. The largest absolute Gasteiger partial charge is 0.494 e. The summed E-state index contributed by atoms with van der Waals surface area (Å²) in [6.45, 7) is 2.76. The maximum Gasteiger partial charge on any atom is 0.201 e. The molecule has 0 saturated carbocycles. The minimum absolute atomic E-state index is 0.150. The van der Waals surface area contributed by atoms with Gasteiger partial charge in [-0.3, -0.25) is 4.79 Å². The van der Waals surface area contributed by atoms with Crippen LogP contribution in [0, 0.1) is 116 Å². The van der Waals surface area contributed by atoms with Gasteiger partial charge in [0, 0.05) is 5.56 Å². The predicted molar refractivity (Wildman–Crippen MR) is 246 cm³/mol. The first-order valence-corrected chi connectivity index (χ1v) is 24.0. The molecule has 0 bridgehead atoms. The topological polar surface area (TPSA) is 26.3 Å². The molecule has 400 valence electrons. The molecule has 2 nitrogen and oxygen atoms in total. The molecule has 0 amide bonds. The second-order valence-electron chi connectivity index (χ2n) is 16.6. The third-order valence-electron chi connectivity index (χ3n) is 12.3. The normalized spacial score (nSPS) is 11.6. The molecule has 0 unspecified atom stereocenters. The molecular weight excluding hydrogens is 1090 g/mol. The quantitative estimate of drug-likeness (QED) is 0.0287. The first-order valence-electron chi connectivity index (χ1n) is 22.0. The van der Waals surface area contributed by atoms with Gasteiger partial charge >= 0.3 is 0 Å². The highest BCUT2D eigenvalue weighted by molar-refractivity contribution is 7.96. The number of benzene rings is 8. The summed E-state index contributed by atoms with van der Waals surface area (Å²) in [4.78, 5) is 13.7. The fourth-order valence-electron chi connectivity index (χ4n) is 8.91. The molecule has 0 fully saturated rings. The molecule has 0 saturated heterocycles. The van der Waals surface area contributed by atoms with Crippen molar-refractivity contribution in [2.75, 3.05) is 12.8 Å². The van der Waals surface area contributed by atoms with Crippen molar-refractivity contribution in [2.24, 2.45) is 0 Å². The van der Waals surface area contributed by atoms with Crippen LogP contribution < -0.4 is 42.5 Å². The zero-order valence-electron chi connectivity index (χ0n) is 38.5. The van der Waals surface area contributed by atoms with Crippen molar-refractivity contribution in [3.8, 4) is 5.75 Å². The van der Waals surface area contributed by atoms with Gasteiger partial charge < -0.3 is 4.74 Å². The van der Waals surface area contributed by atoms with Crippen LogP contribution in [0.25, 0.3) is 0 Å². The molecule has 0 N–H and O–H groups in total. The zero-order chi connectivity index (χ0) is 56.6. The van der Waals surface area contributed by atoms with Gasteiger partial charge in [-0.15, -0.1) is 21.9 Å². The van der Waals surface area contributed by atoms with Gasteiger partial charge in [-0.2, -0.15) is 0 Å². The van der Waals surface area contributed by atoms with E-state index in [2.05, 4.69) is 79.7 Å². The Morgan fingerprint density at radius 3 is 0.818 bits per heavy atom. The number of halogens is 20. The van der Waals surface area contributed by atoms with Crippen LogP contribution >= 0.6 is 7.26 Å². The van der Waals surface area contributed by atoms with Crippen molar-refractivity contribution < 1.29 is 97.3 Å². The van der Waals surface area contributed by atoms with E-state index in [1.165, 1.54) is 15.9 Å². The third-order valence-corrected chi connectivity index (χ3v) is 16.6. The van der Waals surface area contributed by atoms with Crippen LogP contribution in [0.3, 0.4) is 0 Å². The molecule has 8 rings (SSSR count). The summed E-state index contributed by atoms with van der Waals surface area (Å²) in [5.41, 5.74) is -13.6. The van der Waals surface area contributed by atoms with E-state index in [0.29, 0.717) is 12.8 Å². The van der Waals surface area contributed by atoms with Gasteiger partial charge in [0.15, 0.2) is 69.8 Å². The van der Waals surface area contributed by atoms with Gasteiger partial charge in [-0.05, 0) is 67.1 Å². The number of rotatable bonds is 13. The van der Waals surface area contributed by atoms with Crippen LogP contribution in [0.5, 0.6) is 5.75 Å². The summed E-state index contributed by atoms with van der Waals surface area (Å²) in [5.74, 6) is -70.5. The van der Waals surface area contributed by atoms with Crippen LogP contribution in [0.2, 0.25) is 0 Å². The fraction of sp³-hybridized carbons (Fsp3) is 0.0755. The third kappa shape index (κ3) is 9.56. The highest BCUT2D eigenvalue weighted by Crippen LogP contribution is 2.55. The van der Waals surface area contributed by atoms with Gasteiger partial charge in [0.05, 0.1) is 6.61 Å². The van der Waals surface area contributed by atoms with Gasteiger partial charge in [0.2, 0.25) is 5.78 Å². The van der Waals surface area contributed by atoms with E-state index in [9.17, 15) is 57.5 Å². The fourth-order valence-corrected chi connectivity index (χ4v) is 13.0. The van der Waals surface area contributed by atoms with Crippen molar-refractivity contribution in [1.82, 2.24) is 0 Å². The monoisotopic (exact) mass is 1120 g/mol. The lowest BCUT2D eigenvalue weighted by Crippen LogP contribution is -2.81. The van der Waals surface area contributed by atoms with Crippen molar-refractivity contribution in [3.63, 3.8) is 0 Å². The number of ketones is 1. The highest BCUT2D eigenvalue weighted by atomic mass is 31.2. The number of hydrogen-bond acceptors (Lipinski definition) is 2. The van der Waals surface area contributed by atoms with E-state index in [1.807, 2.05) is 42.5 Å². The Morgan fingerprint density at radius 2 is 0.584 bits per heavy atom. The molecule has 8 aromatic carbocycles. The standard InChI is InChI=1S/C29H28O2P.C24BF20/c1-2-22-31-25-20-18-24(19-21-25)29(30)23-32(26-12-6-3-7-13-26,27-14-8-4-9-15-27)28-16-10-5-11-17-28;26-5-1(6(27)14(35)21(42)13(5)34)25(2-7(28)15(36)22(43)16(37)8(2)29,3-9(30)17(38)23(44)18(39)10(3)31)4-11(32)19(40)24(45)20(41)12(4)33/h3-21H,2,22-23H2,1H3;/q+1;-1. The van der Waals surface area contributed by atoms with Gasteiger partial charge in [-0.1, -0.05) is 61.5 Å². The summed E-state index contributed by atoms with van der Waals surface area (Å²) in [7, 11) is -2.19. The molecule has 0 atom stereocenters. The average Bonchev–Trinajstić information content (AvgIpc) is 3.59. The smallest absolute Gasteiger partial charge is 0.201 e. The van der Waals surface area contributed by atoms with E-state index in [-0.39, 0.29) is 5.78 Å². The van der Waals surface area contributed by atoms with Gasteiger partial charge in [0.25, 0.3) is 0 Å². The lowest BCUT2D eigenvalue weighted by atomic mass is 9.12. The first kappa shape index (κ1) is 57.0. The summed E-state index contributed by atoms with van der Waals surface area (Å²) in [6, 6.07) is 39.1. The first-order chi connectivity index (χ1) is 36.4. The molecule has 0 spiro atoms. The van der Waals surface area contributed by atoms with Crippen LogP contribution in [-0.2, 0) is 0 Å². The van der Waals surface area contributed by atoms with E-state index in [4.69, 9.17) is 4.74 Å². The Hall–Kier alpha value is -7.68. The molecule has 77 heavy (non-hydrogen) atoms. The predicted octanol–water partition coefficient (Wildman–Crippen LogP) is 11.5. The zero-order valence-corrected chi connectivity index (χ0v) is 39.4. The lowest BCUT2D eigenvalue weighted by Gasteiger charge is -2.44. The SMILES string of the molecule is CCCOc1ccc(C(=O)C[P+](c2ccccc2)(c2ccccc2)c2ccccc2)cc1.Fc1c(F)c(F)c([B-](c2c(F)c(F)c(F)c(F)c2F)(c2c(F)c(F)c(F)c(F)c2F)c2c(F)c(F)c(F)c(F)c2F)c(F)c1F. The van der Waals surface area contributed by atoms with Crippen LogP contribution in [0.15, 0.2) is 115 Å². The summed E-state index contributed by atoms with van der Waals surface area (Å²) in [6.07, 6.45) is -5.82. The maximum absolute atomic E-state index is 15.4. The molecule has 0 aliphatic carbocycles. The Balaban J connectivity index is 0.000000236. The maximum atomic E-state index is 15.4. The number of carbonyl (C=O) groups is 1. The Morgan fingerprint density at radius 1 is 0.351 bits per heavy atom. The lowest BCUT2D eigenvalue weighted by molar-refractivity contribution is 0.102. The molecule has 24 heteroatoms. The average molecular weight is 1120 g/mol. The number of carbonyl (C=O) groups excluding carboxylic acids is 1. The second-order valence-corrected chi connectivity index (χ2v) is 20.1. The minimum Gasteiger partial charge on any atom is -0.494 e. The van der Waals surface area contributed by atoms with Crippen molar-refractivity contribution in [2.45, 2.75) is 13.3 Å². The molecule has 0 aromatic heterocycles. The van der Waals surface area contributed by atoms with Crippen molar-refractivity contribution in [1.29, 1.82) is 0 Å². The van der Waals surface area contributed by atoms with Crippen LogP contribution in [0.1, 0.15) is 23.7 Å². The Bertz CT molecular complexity index is 3080. The number of ether oxygens (including phenoxy) is 1. The van der Waals surface area contributed by atoms with Gasteiger partial charge in [0.1, 0.15) is 87.8 Å². The van der Waals surface area contributed by atoms with Gasteiger partial charge in [-0.25, -0.2) is 87.8 Å². The van der Waals surface area contributed by atoms with Crippen molar-refractivity contribution >= 4 is 57.0 Å². The second kappa shape index (κ2) is 22.5. The summed E-state index contributed by atoms with van der Waals surface area (Å²) in [5, 5.41) is 3.65. The van der Waals surface area contributed by atoms with E-state index in [0.717, 1.165) is 17.7 Å². The van der Waals surface area contributed by atoms with E-state index < -0.39 is 152 Å². The van der Waals surface area contributed by atoms with E-state index >= 15 is 35.1 Å². The Labute approximate surface area is 422 Å². The Kier molecular flexibility index (Phi) is 16.7. The number of Topliss-reactive ketones (excluding diaryl/α,β-unsaturated/α-hetero) is 1. The van der Waals surface area contributed by atoms with Crippen LogP contribution in [-0.4, -0.2) is 24.7 Å². The molecular formula is C53H28BF20O2P. The molecule has 0 aliphatic heterocycles. The van der Waals surface area contributed by atoms with E-state index in [1.54, 1.807) is 0 Å². The summed E-state index contributed by atoms with van der Waals surface area (Å²) < 4.78 is 300. The van der Waals surface area contributed by atoms with Crippen LogP contribution in [0.4, 0.5) is 87.8 Å². The van der Waals surface area contributed by atoms with Crippen molar-refractivity contribution in [3.05, 3.63) is 237 Å². The molecule has 0 heterocycles. The molecule has 8 aromatic rings. The minimum atomic E-state index is -7.22. The molecule has 0 aliphatic rings. The highest BCUT2D eigenvalue weighted by Gasteiger charge is 2.53. The number of hydrogen-bond donors (Lipinski definition) is 0. The summed E-state index contributed by atoms with van der Waals surface area (Å²) >= 11 is 0.